The predicted octanol–water partition coefficient (Wildman–Crippen LogP) is 0.649. The summed E-state index contributed by atoms with van der Waals surface area (Å²) < 4.78 is 5.33. The molecule has 0 bridgehead atoms. The van der Waals surface area contributed by atoms with Crippen LogP contribution in [0.1, 0.15) is 44.1 Å². The van der Waals surface area contributed by atoms with E-state index in [0.717, 1.165) is 6.42 Å². The third-order valence-electron chi connectivity index (χ3n) is 3.02. The molecule has 2 heterocycles. The second-order valence-electron chi connectivity index (χ2n) is 5.85. The molecule has 1 saturated heterocycles. The van der Waals surface area contributed by atoms with Gasteiger partial charge in [0.25, 0.3) is 5.91 Å². The van der Waals surface area contributed by atoms with Crippen LogP contribution in [0, 0.1) is 0 Å². The minimum atomic E-state index is -0.587. The largest absolute Gasteiger partial charge is 0.458 e. The maximum absolute atomic E-state index is 12.3. The van der Waals surface area contributed by atoms with Crippen molar-refractivity contribution < 1.29 is 14.3 Å². The molecule has 1 fully saturated rings. The number of aromatic amines is 2. The first-order valence-corrected chi connectivity index (χ1v) is 6.59. The van der Waals surface area contributed by atoms with Crippen LogP contribution in [0.25, 0.3) is 0 Å². The SMILES string of the molecule is CC(C)(C)OC(=O)[C@H]1CCCN1C(=O)c1c[nH]c(=O)[nH]1. The van der Waals surface area contributed by atoms with E-state index < -0.39 is 23.3 Å². The van der Waals surface area contributed by atoms with Crippen LogP contribution in [-0.2, 0) is 9.53 Å². The third kappa shape index (κ3) is 3.09. The van der Waals surface area contributed by atoms with Crippen molar-refractivity contribution in [3.8, 4) is 0 Å². The topological polar surface area (TPSA) is 95.3 Å². The van der Waals surface area contributed by atoms with E-state index in [9.17, 15) is 14.4 Å². The molecular formula is C13H19N3O4. The van der Waals surface area contributed by atoms with E-state index in [4.69, 9.17) is 4.74 Å². The van der Waals surface area contributed by atoms with Crippen molar-refractivity contribution >= 4 is 11.9 Å². The molecule has 1 atom stereocenters. The number of carbonyl (C=O) groups excluding carboxylic acids is 2. The molecule has 7 nitrogen and oxygen atoms in total. The molecule has 1 aromatic heterocycles. The monoisotopic (exact) mass is 281 g/mol. The van der Waals surface area contributed by atoms with Gasteiger partial charge in [0.15, 0.2) is 0 Å². The summed E-state index contributed by atoms with van der Waals surface area (Å²) in [6, 6.07) is -0.583. The molecule has 7 heteroatoms. The fourth-order valence-electron chi connectivity index (χ4n) is 2.23. The fourth-order valence-corrected chi connectivity index (χ4v) is 2.23. The Balaban J connectivity index is 2.13. The number of H-pyrrole nitrogens is 2. The lowest BCUT2D eigenvalue weighted by atomic mass is 10.1. The Bertz CT molecular complexity index is 567. The first kappa shape index (κ1) is 14.4. The average Bonchev–Trinajstić information content (AvgIpc) is 2.93. The van der Waals surface area contributed by atoms with Crippen LogP contribution in [0.15, 0.2) is 11.0 Å². The second-order valence-corrected chi connectivity index (χ2v) is 5.85. The maximum Gasteiger partial charge on any atom is 0.329 e. The van der Waals surface area contributed by atoms with Crippen molar-refractivity contribution in [2.24, 2.45) is 0 Å². The Morgan fingerprint density at radius 3 is 2.65 bits per heavy atom. The van der Waals surface area contributed by atoms with Gasteiger partial charge in [0, 0.05) is 12.7 Å². The van der Waals surface area contributed by atoms with Gasteiger partial charge in [-0.25, -0.2) is 9.59 Å². The molecule has 0 spiro atoms. The van der Waals surface area contributed by atoms with Gasteiger partial charge in [-0.1, -0.05) is 0 Å². The highest BCUT2D eigenvalue weighted by molar-refractivity contribution is 5.95. The number of ether oxygens (including phenoxy) is 1. The number of nitrogens with one attached hydrogen (secondary N) is 2. The summed E-state index contributed by atoms with van der Waals surface area (Å²) in [7, 11) is 0. The molecular weight excluding hydrogens is 262 g/mol. The van der Waals surface area contributed by atoms with Crippen LogP contribution < -0.4 is 5.69 Å². The summed E-state index contributed by atoms with van der Waals surface area (Å²) in [6.07, 6.45) is 2.63. The molecule has 1 aliphatic rings. The molecule has 20 heavy (non-hydrogen) atoms. The third-order valence-corrected chi connectivity index (χ3v) is 3.02. The zero-order chi connectivity index (χ0) is 14.9. The van der Waals surface area contributed by atoms with Gasteiger partial charge in [-0.3, -0.25) is 4.79 Å². The minimum Gasteiger partial charge on any atom is -0.458 e. The van der Waals surface area contributed by atoms with Crippen LogP contribution in [0.5, 0.6) is 0 Å². The van der Waals surface area contributed by atoms with Gasteiger partial charge in [0.1, 0.15) is 17.3 Å². The summed E-state index contributed by atoms with van der Waals surface area (Å²) in [5.74, 6) is -0.766. The van der Waals surface area contributed by atoms with Crippen molar-refractivity contribution in [2.75, 3.05) is 6.54 Å². The van der Waals surface area contributed by atoms with E-state index in [2.05, 4.69) is 9.97 Å². The van der Waals surface area contributed by atoms with Crippen LogP contribution in [0.4, 0.5) is 0 Å². The number of esters is 1. The van der Waals surface area contributed by atoms with Crippen LogP contribution >= 0.6 is 0 Å². The molecule has 0 saturated carbocycles. The highest BCUT2D eigenvalue weighted by Crippen LogP contribution is 2.22. The van der Waals surface area contributed by atoms with Crippen LogP contribution in [0.2, 0.25) is 0 Å². The fraction of sp³-hybridized carbons (Fsp3) is 0.615. The number of carbonyl (C=O) groups is 2. The van der Waals surface area contributed by atoms with Crippen molar-refractivity contribution in [3.05, 3.63) is 22.4 Å². The summed E-state index contributed by atoms with van der Waals surface area (Å²) in [6.45, 7) is 5.84. The Labute approximate surface area is 116 Å². The van der Waals surface area contributed by atoms with E-state index in [1.165, 1.54) is 11.1 Å². The molecule has 1 amide bonds. The summed E-state index contributed by atoms with van der Waals surface area (Å²) in [4.78, 5) is 41.7. The Morgan fingerprint density at radius 1 is 1.40 bits per heavy atom. The number of aromatic nitrogens is 2. The predicted molar refractivity (Wildman–Crippen MR) is 71.3 cm³/mol. The molecule has 1 aromatic rings. The molecule has 110 valence electrons. The minimum absolute atomic E-state index is 0.158. The first-order valence-electron chi connectivity index (χ1n) is 6.59. The van der Waals surface area contributed by atoms with Crippen molar-refractivity contribution in [2.45, 2.75) is 45.3 Å². The van der Waals surface area contributed by atoms with Gasteiger partial charge in [-0.05, 0) is 33.6 Å². The van der Waals surface area contributed by atoms with Crippen molar-refractivity contribution in [1.29, 1.82) is 0 Å². The Kier molecular flexibility index (Phi) is 3.69. The zero-order valence-electron chi connectivity index (χ0n) is 11.9. The second kappa shape index (κ2) is 5.15. The van der Waals surface area contributed by atoms with E-state index in [-0.39, 0.29) is 11.6 Å². The van der Waals surface area contributed by atoms with Crippen molar-refractivity contribution in [1.82, 2.24) is 14.9 Å². The van der Waals surface area contributed by atoms with E-state index in [1.54, 1.807) is 20.8 Å². The number of amides is 1. The molecule has 2 N–H and O–H groups in total. The Hall–Kier alpha value is -2.05. The summed E-state index contributed by atoms with van der Waals surface area (Å²) in [5, 5.41) is 0. The number of hydrogen-bond acceptors (Lipinski definition) is 4. The van der Waals surface area contributed by atoms with Crippen LogP contribution in [0.3, 0.4) is 0 Å². The first-order chi connectivity index (χ1) is 9.28. The van der Waals surface area contributed by atoms with Crippen molar-refractivity contribution in [3.63, 3.8) is 0 Å². The number of likely N-dealkylation sites (tertiary alicyclic amines) is 1. The van der Waals surface area contributed by atoms with Gasteiger partial charge < -0.3 is 19.6 Å². The highest BCUT2D eigenvalue weighted by Gasteiger charge is 2.37. The van der Waals surface area contributed by atoms with Gasteiger partial charge >= 0.3 is 11.7 Å². The Morgan fingerprint density at radius 2 is 2.10 bits per heavy atom. The lowest BCUT2D eigenvalue weighted by Gasteiger charge is -2.27. The average molecular weight is 281 g/mol. The van der Waals surface area contributed by atoms with Gasteiger partial charge in [0.05, 0.1) is 0 Å². The highest BCUT2D eigenvalue weighted by atomic mass is 16.6. The molecule has 2 rings (SSSR count). The normalized spacial score (nSPS) is 19.1. The zero-order valence-corrected chi connectivity index (χ0v) is 11.9. The quantitative estimate of drug-likeness (QED) is 0.778. The number of hydrogen-bond donors (Lipinski definition) is 2. The van der Waals surface area contributed by atoms with Gasteiger partial charge in [-0.15, -0.1) is 0 Å². The van der Waals surface area contributed by atoms with Crippen LogP contribution in [-0.4, -0.2) is 44.9 Å². The molecule has 0 aromatic carbocycles. The lowest BCUT2D eigenvalue weighted by molar-refractivity contribution is -0.159. The number of rotatable bonds is 2. The summed E-state index contributed by atoms with van der Waals surface area (Å²) in [5.41, 5.74) is -0.872. The molecule has 0 unspecified atom stereocenters. The number of nitrogens with zero attached hydrogens (tertiary/aromatic N) is 1. The molecule has 0 aliphatic carbocycles. The number of imidazole rings is 1. The van der Waals surface area contributed by atoms with Gasteiger partial charge in [0.2, 0.25) is 0 Å². The van der Waals surface area contributed by atoms with E-state index in [0.29, 0.717) is 13.0 Å². The lowest BCUT2D eigenvalue weighted by Crippen LogP contribution is -2.43. The standard InChI is InChI=1S/C13H19N3O4/c1-13(2,3)20-11(18)9-5-4-6-16(9)10(17)8-7-14-12(19)15-8/h7,9H,4-6H2,1-3H3,(H2,14,15,19)/t9-/m1/s1. The maximum atomic E-state index is 12.3. The smallest absolute Gasteiger partial charge is 0.329 e. The summed E-state index contributed by atoms with van der Waals surface area (Å²) >= 11 is 0. The van der Waals surface area contributed by atoms with Gasteiger partial charge in [-0.2, -0.15) is 0 Å². The molecule has 0 radical (unpaired) electrons. The van der Waals surface area contributed by atoms with E-state index in [1.807, 2.05) is 0 Å². The molecule has 1 aliphatic heterocycles. The van der Waals surface area contributed by atoms with E-state index >= 15 is 0 Å².